The van der Waals surface area contributed by atoms with Crippen LogP contribution in [0.5, 0.6) is 0 Å². The van der Waals surface area contributed by atoms with Gasteiger partial charge in [0.15, 0.2) is 0 Å². The molecule has 0 aliphatic heterocycles. The van der Waals surface area contributed by atoms with E-state index in [0.717, 1.165) is 0 Å². The van der Waals surface area contributed by atoms with E-state index in [9.17, 15) is 0 Å². The Bertz CT molecular complexity index is 624. The fraction of sp³-hybridized carbons (Fsp3) is 0.300. The van der Waals surface area contributed by atoms with Crippen LogP contribution in [0.15, 0.2) is 72.2 Å². The monoisotopic (exact) mass is 358 g/mol. The first-order valence-electron chi connectivity index (χ1n) is 8.51. The summed E-state index contributed by atoms with van der Waals surface area (Å²) in [4.78, 5) is 0. The number of rotatable bonds is 7. The first kappa shape index (κ1) is 18.4. The summed E-state index contributed by atoms with van der Waals surface area (Å²) < 4.78 is 0. The summed E-state index contributed by atoms with van der Waals surface area (Å²) in [5, 5.41) is 2.59. The molecular weight excluding hydrogens is 331 g/mol. The second-order valence-electron chi connectivity index (χ2n) is 6.07. The van der Waals surface area contributed by atoms with Crippen LogP contribution in [0.2, 0.25) is 18.1 Å². The molecule has 0 N–H and O–H groups in total. The molecular formula is C20H27PSSi. The van der Waals surface area contributed by atoms with Gasteiger partial charge >= 0.3 is 0 Å². The van der Waals surface area contributed by atoms with E-state index in [1.807, 2.05) is 0 Å². The van der Waals surface area contributed by atoms with Crippen LogP contribution in [0.3, 0.4) is 0 Å². The molecule has 0 fully saturated rings. The lowest BCUT2D eigenvalue weighted by Crippen LogP contribution is -2.29. The van der Waals surface area contributed by atoms with E-state index in [-0.39, 0.29) is 0 Å². The molecule has 0 atom stereocenters. The molecule has 122 valence electrons. The predicted octanol–water partition coefficient (Wildman–Crippen LogP) is 5.68. The Morgan fingerprint density at radius 3 is 1.52 bits per heavy atom. The van der Waals surface area contributed by atoms with Crippen LogP contribution < -0.4 is 10.6 Å². The van der Waals surface area contributed by atoms with Gasteiger partial charge in [0.05, 0.1) is 8.07 Å². The fourth-order valence-electron chi connectivity index (χ4n) is 2.99. The fourth-order valence-corrected chi connectivity index (χ4v) is 10.4. The zero-order chi connectivity index (χ0) is 16.8. The molecule has 0 amide bonds. The number of hydrogen-bond donors (Lipinski definition) is 0. The third-order valence-corrected chi connectivity index (χ3v) is 14.7. The van der Waals surface area contributed by atoms with Crippen LogP contribution in [0.1, 0.15) is 20.8 Å². The second-order valence-corrected chi connectivity index (χ2v) is 15.6. The predicted molar refractivity (Wildman–Crippen MR) is 113 cm³/mol. The Hall–Kier alpha value is -0.953. The molecule has 0 heterocycles. The van der Waals surface area contributed by atoms with E-state index in [1.165, 1.54) is 28.7 Å². The lowest BCUT2D eigenvalue weighted by Gasteiger charge is -2.26. The molecule has 2 aromatic carbocycles. The minimum Gasteiger partial charge on any atom is -0.0924 e. The molecule has 23 heavy (non-hydrogen) atoms. The highest BCUT2D eigenvalue weighted by atomic mass is 32.4. The molecule has 0 nitrogen and oxygen atoms in total. The van der Waals surface area contributed by atoms with Gasteiger partial charge in [-0.25, -0.2) is 0 Å². The topological polar surface area (TPSA) is 0 Å². The van der Waals surface area contributed by atoms with Crippen LogP contribution in [0.25, 0.3) is 0 Å². The van der Waals surface area contributed by atoms with Gasteiger partial charge in [-0.2, -0.15) is 0 Å². The van der Waals surface area contributed by atoms with Gasteiger partial charge in [0.2, 0.25) is 0 Å². The minimum atomic E-state index is -1.87. The Balaban J connectivity index is 2.54. The summed E-state index contributed by atoms with van der Waals surface area (Å²) >= 11 is 6.29. The molecule has 0 saturated carbocycles. The summed E-state index contributed by atoms with van der Waals surface area (Å²) in [5.41, 5.74) is 2.56. The lowest BCUT2D eigenvalue weighted by atomic mass is 10.4. The number of benzene rings is 2. The van der Waals surface area contributed by atoms with Crippen molar-refractivity contribution in [3.8, 4) is 0 Å². The summed E-state index contributed by atoms with van der Waals surface area (Å²) in [6.07, 6.45) is 0. The smallest absolute Gasteiger partial charge is 0.0771 e. The van der Waals surface area contributed by atoms with E-state index in [1.54, 1.807) is 0 Å². The molecule has 0 aliphatic carbocycles. The third kappa shape index (κ3) is 4.12. The van der Waals surface area contributed by atoms with Gasteiger partial charge < -0.3 is 0 Å². The van der Waals surface area contributed by atoms with Crippen LogP contribution in [0, 0.1) is 0 Å². The van der Waals surface area contributed by atoms with Gasteiger partial charge in [-0.15, -0.1) is 0 Å². The van der Waals surface area contributed by atoms with Crippen molar-refractivity contribution in [1.82, 2.24) is 0 Å². The second kappa shape index (κ2) is 8.24. The average Bonchev–Trinajstić information content (AvgIpc) is 2.64. The summed E-state index contributed by atoms with van der Waals surface area (Å²) in [6.45, 7) is 7.04. The van der Waals surface area contributed by atoms with Gasteiger partial charge in [0.25, 0.3) is 0 Å². The van der Waals surface area contributed by atoms with Crippen molar-refractivity contribution in [2.75, 3.05) is 0 Å². The normalized spacial score (nSPS) is 12.7. The summed E-state index contributed by atoms with van der Waals surface area (Å²) in [7, 11) is -1.31. The maximum atomic E-state index is 6.29. The van der Waals surface area contributed by atoms with Gasteiger partial charge in [0.1, 0.15) is 0 Å². The van der Waals surface area contributed by atoms with Crippen LogP contribution in [0.4, 0.5) is 0 Å². The van der Waals surface area contributed by atoms with Crippen molar-refractivity contribution in [2.24, 2.45) is 0 Å². The highest BCUT2D eigenvalue weighted by Crippen LogP contribution is 2.46. The molecule has 2 rings (SSSR count). The van der Waals surface area contributed by atoms with E-state index in [2.05, 4.69) is 93.0 Å². The molecule has 3 heteroatoms. The molecule has 0 aromatic heterocycles. The molecule has 0 aliphatic rings. The summed E-state index contributed by atoms with van der Waals surface area (Å²) in [5.74, 6) is 2.43. The molecule has 0 bridgehead atoms. The van der Waals surface area contributed by atoms with Crippen molar-refractivity contribution in [2.45, 2.75) is 38.9 Å². The van der Waals surface area contributed by atoms with E-state index < -0.39 is 14.1 Å². The van der Waals surface area contributed by atoms with E-state index in [4.69, 9.17) is 11.8 Å². The number of hydrogen-bond acceptors (Lipinski definition) is 1. The molecule has 0 spiro atoms. The maximum absolute atomic E-state index is 6.29. The Labute approximate surface area is 147 Å². The standard InChI is InChI=1S/C20H27PSSi/c1-4-23(5-2,6-3)18-17-21(22,19-13-9-7-10-14-19)20-15-11-8-12-16-20/h7-18H,4-6H2,1-3H3/b18-17+. The molecule has 0 radical (unpaired) electrons. The van der Waals surface area contributed by atoms with Crippen LogP contribution in [-0.4, -0.2) is 8.07 Å². The average molecular weight is 359 g/mol. The van der Waals surface area contributed by atoms with Gasteiger partial charge in [0, 0.05) is 6.04 Å². The largest absolute Gasteiger partial charge is 0.0924 e. The summed E-state index contributed by atoms with van der Waals surface area (Å²) in [6, 6.07) is 23.4. The highest BCUT2D eigenvalue weighted by Gasteiger charge is 2.26. The molecule has 0 unspecified atom stereocenters. The van der Waals surface area contributed by atoms with Crippen molar-refractivity contribution in [3.05, 3.63) is 72.2 Å². The van der Waals surface area contributed by atoms with Crippen LogP contribution in [-0.2, 0) is 11.8 Å². The molecule has 2 aromatic rings. The van der Waals surface area contributed by atoms with Crippen LogP contribution >= 0.6 is 6.04 Å². The van der Waals surface area contributed by atoms with Gasteiger partial charge in [-0.3, -0.25) is 0 Å². The molecule has 0 saturated heterocycles. The van der Waals surface area contributed by atoms with Crippen molar-refractivity contribution >= 4 is 36.5 Å². The Morgan fingerprint density at radius 2 is 1.17 bits per heavy atom. The quantitative estimate of drug-likeness (QED) is 0.453. The lowest BCUT2D eigenvalue weighted by molar-refractivity contribution is 1.19. The zero-order valence-corrected chi connectivity index (χ0v) is 17.1. The van der Waals surface area contributed by atoms with Crippen molar-refractivity contribution in [3.63, 3.8) is 0 Å². The van der Waals surface area contributed by atoms with Gasteiger partial charge in [-0.05, 0) is 10.6 Å². The zero-order valence-electron chi connectivity index (χ0n) is 14.4. The minimum absolute atomic E-state index is 1.30. The first-order chi connectivity index (χ1) is 11.1. The van der Waals surface area contributed by atoms with E-state index >= 15 is 0 Å². The maximum Gasteiger partial charge on any atom is 0.0771 e. The van der Waals surface area contributed by atoms with Crippen molar-refractivity contribution in [1.29, 1.82) is 0 Å². The third-order valence-electron chi connectivity index (χ3n) is 5.03. The SMILES string of the molecule is CC[Si](/C=C/P(=S)(c1ccccc1)c1ccccc1)(CC)CC. The highest BCUT2D eigenvalue weighted by molar-refractivity contribution is 8.23. The van der Waals surface area contributed by atoms with E-state index in [0.29, 0.717) is 0 Å². The first-order valence-corrected chi connectivity index (χ1v) is 14.1. The Kier molecular flexibility index (Phi) is 6.58. The van der Waals surface area contributed by atoms with Crippen molar-refractivity contribution < 1.29 is 0 Å². The van der Waals surface area contributed by atoms with Gasteiger partial charge in [-0.1, -0.05) is 123 Å². The Morgan fingerprint density at radius 1 is 0.783 bits per heavy atom.